The topological polar surface area (TPSA) is 74.8 Å². The molecule has 4 rings (SSSR count). The van der Waals surface area contributed by atoms with Crippen LogP contribution in [0.5, 0.6) is 0 Å². The van der Waals surface area contributed by atoms with Crippen molar-refractivity contribution in [3.05, 3.63) is 68.7 Å². The minimum Gasteiger partial charge on any atom is -0.292 e. The van der Waals surface area contributed by atoms with E-state index < -0.39 is 41.9 Å². The Morgan fingerprint density at radius 2 is 1.47 bits per heavy atom. The highest BCUT2D eigenvalue weighted by Crippen LogP contribution is 2.44. The third-order valence-corrected chi connectivity index (χ3v) is 9.60. The highest BCUT2D eigenvalue weighted by molar-refractivity contribution is 9.12. The average Bonchev–Trinajstić information content (AvgIpc) is 3.01. The zero-order chi connectivity index (χ0) is 24.7. The molecule has 0 N–H and O–H groups in total. The van der Waals surface area contributed by atoms with Gasteiger partial charge in [0.1, 0.15) is 6.54 Å². The van der Waals surface area contributed by atoms with Crippen LogP contribution in [-0.2, 0) is 9.59 Å². The molecule has 2 aliphatic rings. The maximum absolute atomic E-state index is 13.6. The van der Waals surface area contributed by atoms with Crippen LogP contribution in [0, 0.1) is 11.8 Å². The van der Waals surface area contributed by atoms with Crippen molar-refractivity contribution in [2.24, 2.45) is 11.8 Å². The van der Waals surface area contributed by atoms with Crippen molar-refractivity contribution in [1.82, 2.24) is 10.0 Å². The average molecular weight is 652 g/mol. The summed E-state index contributed by atoms with van der Waals surface area (Å²) in [5.74, 6) is -3.53. The van der Waals surface area contributed by atoms with Crippen molar-refractivity contribution < 1.29 is 19.2 Å². The Morgan fingerprint density at radius 1 is 0.882 bits per heavy atom. The first kappa shape index (κ1) is 25.6. The Bertz CT molecular complexity index is 1170. The number of amides is 3. The Balaban J connectivity index is 1.73. The molecule has 11 heteroatoms. The molecule has 1 saturated carbocycles. The highest BCUT2D eigenvalue weighted by Gasteiger charge is 2.54. The number of imide groups is 1. The molecule has 4 atom stereocenters. The largest absolute Gasteiger partial charge is 0.292 e. The van der Waals surface area contributed by atoms with E-state index in [4.69, 9.17) is 34.8 Å². The number of carbonyl (C=O) groups is 4. The van der Waals surface area contributed by atoms with Crippen molar-refractivity contribution in [3.8, 4) is 0 Å². The van der Waals surface area contributed by atoms with Gasteiger partial charge in [-0.15, -0.1) is 0 Å². The van der Waals surface area contributed by atoms with Gasteiger partial charge in [-0.1, -0.05) is 78.8 Å². The van der Waals surface area contributed by atoms with Gasteiger partial charge in [0, 0.05) is 20.2 Å². The van der Waals surface area contributed by atoms with Crippen LogP contribution < -0.4 is 0 Å². The van der Waals surface area contributed by atoms with Crippen molar-refractivity contribution in [2.75, 3.05) is 6.54 Å². The molecular formula is C23H17Br2Cl3N2O4. The Hall–Kier alpha value is -1.45. The molecule has 0 bridgehead atoms. The van der Waals surface area contributed by atoms with Gasteiger partial charge in [0.25, 0.3) is 17.7 Å². The first-order chi connectivity index (χ1) is 16.1. The summed E-state index contributed by atoms with van der Waals surface area (Å²) in [6.07, 6.45) is 0.847. The monoisotopic (exact) mass is 648 g/mol. The number of hydrazine groups is 1. The molecule has 0 radical (unpaired) electrons. The van der Waals surface area contributed by atoms with Gasteiger partial charge in [-0.2, -0.15) is 5.01 Å². The van der Waals surface area contributed by atoms with E-state index in [2.05, 4.69) is 31.9 Å². The van der Waals surface area contributed by atoms with Crippen LogP contribution in [0.1, 0.15) is 33.6 Å². The smallest absolute Gasteiger partial charge is 0.274 e. The van der Waals surface area contributed by atoms with Crippen LogP contribution in [0.15, 0.2) is 42.5 Å². The van der Waals surface area contributed by atoms with Crippen LogP contribution in [0.2, 0.25) is 15.1 Å². The van der Waals surface area contributed by atoms with E-state index in [0.717, 1.165) is 10.0 Å². The van der Waals surface area contributed by atoms with E-state index in [1.807, 2.05) is 0 Å². The van der Waals surface area contributed by atoms with Crippen LogP contribution in [-0.4, -0.2) is 49.7 Å². The Labute approximate surface area is 227 Å². The third-order valence-electron chi connectivity index (χ3n) is 5.99. The fourth-order valence-corrected chi connectivity index (χ4v) is 6.23. The van der Waals surface area contributed by atoms with Crippen LogP contribution >= 0.6 is 66.7 Å². The van der Waals surface area contributed by atoms with Crippen LogP contribution in [0.3, 0.4) is 0 Å². The lowest BCUT2D eigenvalue weighted by Gasteiger charge is -2.30. The van der Waals surface area contributed by atoms with Crippen molar-refractivity contribution in [1.29, 1.82) is 0 Å². The molecule has 0 aromatic heterocycles. The maximum Gasteiger partial charge on any atom is 0.274 e. The Kier molecular flexibility index (Phi) is 7.74. The predicted octanol–water partition coefficient (Wildman–Crippen LogP) is 5.81. The molecule has 1 aliphatic heterocycles. The number of ketones is 1. The fourth-order valence-electron chi connectivity index (χ4n) is 4.26. The second-order valence-electron chi connectivity index (χ2n) is 8.09. The summed E-state index contributed by atoms with van der Waals surface area (Å²) in [5.41, 5.74) is 0.173. The fraction of sp³-hybridized carbons (Fsp3) is 0.304. The molecule has 3 amide bonds. The summed E-state index contributed by atoms with van der Waals surface area (Å²) >= 11 is 25.4. The van der Waals surface area contributed by atoms with Gasteiger partial charge in [0.2, 0.25) is 0 Å². The van der Waals surface area contributed by atoms with E-state index in [9.17, 15) is 19.2 Å². The second-order valence-corrected chi connectivity index (χ2v) is 11.7. The summed E-state index contributed by atoms with van der Waals surface area (Å²) in [6.45, 7) is -0.586. The quantitative estimate of drug-likeness (QED) is 0.233. The predicted molar refractivity (Wildman–Crippen MR) is 137 cm³/mol. The van der Waals surface area contributed by atoms with E-state index in [-0.39, 0.29) is 30.8 Å². The normalized spacial score (nSPS) is 24.2. The summed E-state index contributed by atoms with van der Waals surface area (Å²) < 4.78 is 0. The number of carbonyl (C=O) groups excluding carboxylic acids is 4. The lowest BCUT2D eigenvalue weighted by Crippen LogP contribution is -2.52. The van der Waals surface area contributed by atoms with E-state index in [1.165, 1.54) is 30.3 Å². The minimum atomic E-state index is -0.741. The van der Waals surface area contributed by atoms with Crippen molar-refractivity contribution in [3.63, 3.8) is 0 Å². The van der Waals surface area contributed by atoms with Gasteiger partial charge < -0.3 is 0 Å². The maximum atomic E-state index is 13.6. The number of Topliss-reactive ketones (excluding diaryl/α,β-unsaturated/α-hetero) is 1. The SMILES string of the molecule is O=C(CN(C(=O)c1ccccc1Cl)N1C(=O)[C@H]2C[C@@H](Br)[C@@H](Br)C[C@H]2C1=O)c1ccc(Cl)cc1Cl. The first-order valence-corrected chi connectivity index (χ1v) is 13.3. The highest BCUT2D eigenvalue weighted by atomic mass is 79.9. The number of hydrogen-bond acceptors (Lipinski definition) is 4. The van der Waals surface area contributed by atoms with Gasteiger partial charge in [0.15, 0.2) is 5.78 Å². The molecule has 2 aromatic carbocycles. The molecule has 0 unspecified atom stereocenters. The number of hydrogen-bond donors (Lipinski definition) is 0. The molecule has 0 spiro atoms. The van der Waals surface area contributed by atoms with Crippen molar-refractivity contribution >= 4 is 90.2 Å². The van der Waals surface area contributed by atoms with Gasteiger partial charge in [-0.05, 0) is 43.2 Å². The molecule has 6 nitrogen and oxygen atoms in total. The van der Waals surface area contributed by atoms with Gasteiger partial charge in [-0.3, -0.25) is 19.2 Å². The van der Waals surface area contributed by atoms with Crippen molar-refractivity contribution in [2.45, 2.75) is 22.5 Å². The number of fused-ring (bicyclic) bond motifs is 1. The zero-order valence-corrected chi connectivity index (χ0v) is 22.8. The Morgan fingerprint density at radius 3 is 2.03 bits per heavy atom. The lowest BCUT2D eigenvalue weighted by atomic mass is 9.81. The zero-order valence-electron chi connectivity index (χ0n) is 17.4. The molecule has 1 aliphatic carbocycles. The van der Waals surface area contributed by atoms with Crippen LogP contribution in [0.4, 0.5) is 0 Å². The standard InChI is InChI=1S/C23H17Br2Cl3N2O4/c24-16-8-14-15(9-17(16)25)23(34)30(22(14)33)29(21(32)13-3-1-2-4-18(13)27)10-20(31)12-6-5-11(26)7-19(12)28/h1-7,14-17H,8-10H2/t14-,15+,16+,17-. The number of halogens is 5. The summed E-state index contributed by atoms with van der Waals surface area (Å²) in [6, 6.07) is 10.6. The lowest BCUT2D eigenvalue weighted by molar-refractivity contribution is -0.154. The molecule has 2 fully saturated rings. The van der Waals surface area contributed by atoms with Gasteiger partial charge in [0.05, 0.1) is 27.4 Å². The molecule has 178 valence electrons. The summed E-state index contributed by atoms with van der Waals surface area (Å²) in [4.78, 5) is 53.5. The number of benzene rings is 2. The van der Waals surface area contributed by atoms with E-state index in [1.54, 1.807) is 12.1 Å². The molecule has 34 heavy (non-hydrogen) atoms. The van der Waals surface area contributed by atoms with Crippen LogP contribution in [0.25, 0.3) is 0 Å². The number of rotatable bonds is 5. The van der Waals surface area contributed by atoms with Gasteiger partial charge in [-0.25, -0.2) is 5.01 Å². The summed E-state index contributed by atoms with van der Waals surface area (Å²) in [7, 11) is 0. The van der Waals surface area contributed by atoms with E-state index >= 15 is 0 Å². The first-order valence-electron chi connectivity index (χ1n) is 10.3. The molecule has 1 saturated heterocycles. The number of nitrogens with zero attached hydrogens (tertiary/aromatic N) is 2. The summed E-state index contributed by atoms with van der Waals surface area (Å²) in [5, 5.41) is 2.26. The molecule has 1 heterocycles. The second kappa shape index (κ2) is 10.3. The van der Waals surface area contributed by atoms with E-state index in [0.29, 0.717) is 17.9 Å². The van der Waals surface area contributed by atoms with Gasteiger partial charge >= 0.3 is 0 Å². The molecule has 2 aromatic rings. The minimum absolute atomic E-state index is 0.00678. The molecular weight excluding hydrogens is 634 g/mol. The third kappa shape index (κ3) is 4.80. The number of alkyl halides is 2.